The third-order valence-electron chi connectivity index (χ3n) is 3.16. The van der Waals surface area contributed by atoms with Crippen molar-refractivity contribution >= 4 is 46.3 Å². The summed E-state index contributed by atoms with van der Waals surface area (Å²) in [6, 6.07) is 6.98. The van der Waals surface area contributed by atoms with Crippen molar-refractivity contribution in [2.75, 3.05) is 13.7 Å². The topological polar surface area (TPSA) is 46.6 Å². The van der Waals surface area contributed by atoms with Crippen molar-refractivity contribution in [2.24, 2.45) is 0 Å². The average molecular weight is 335 g/mol. The van der Waals surface area contributed by atoms with Crippen LogP contribution in [0, 0.1) is 0 Å². The summed E-state index contributed by atoms with van der Waals surface area (Å²) in [6.07, 6.45) is 3.62. The minimum absolute atomic E-state index is 0.0990. The van der Waals surface area contributed by atoms with Gasteiger partial charge in [-0.05, 0) is 30.2 Å². The molecule has 0 spiro atoms. The molecule has 1 aromatic rings. The van der Waals surface area contributed by atoms with Crippen LogP contribution >= 0.6 is 24.0 Å². The maximum atomic E-state index is 11.9. The molecule has 1 aromatic carbocycles. The Kier molecular flexibility index (Phi) is 5.74. The lowest BCUT2D eigenvalue weighted by molar-refractivity contribution is -0.121. The number of likely N-dealkylation sites (N-methyl/N-ethyl adjacent to an activating group) is 1. The molecule has 0 aromatic heterocycles. The number of amides is 1. The Balaban J connectivity index is 2.05. The molecule has 0 aliphatic carbocycles. The first kappa shape index (κ1) is 16.7. The molecule has 0 unspecified atom stereocenters. The lowest BCUT2D eigenvalue weighted by atomic mass is 10.1. The first-order valence-corrected chi connectivity index (χ1v) is 8.24. The van der Waals surface area contributed by atoms with Crippen molar-refractivity contribution in [3.63, 3.8) is 0 Å². The molecule has 1 amide bonds. The molecular weight excluding hydrogens is 318 g/mol. The van der Waals surface area contributed by atoms with E-state index in [0.29, 0.717) is 21.4 Å². The average Bonchev–Trinajstić information content (AvgIpc) is 2.75. The van der Waals surface area contributed by atoms with E-state index in [1.54, 1.807) is 37.4 Å². The molecule has 4 nitrogen and oxygen atoms in total. The summed E-state index contributed by atoms with van der Waals surface area (Å²) < 4.78 is 5.70. The highest BCUT2D eigenvalue weighted by molar-refractivity contribution is 8.26. The van der Waals surface area contributed by atoms with Crippen molar-refractivity contribution in [3.05, 3.63) is 40.3 Å². The molecule has 116 valence electrons. The maximum absolute atomic E-state index is 11.9. The Morgan fingerprint density at radius 1 is 1.36 bits per heavy atom. The molecular formula is C16H17NO3S2. The van der Waals surface area contributed by atoms with E-state index in [4.69, 9.17) is 17.0 Å². The second-order valence-corrected chi connectivity index (χ2v) is 6.53. The van der Waals surface area contributed by atoms with Crippen LogP contribution in [0.2, 0.25) is 0 Å². The quantitative estimate of drug-likeness (QED) is 0.357. The Morgan fingerprint density at radius 3 is 2.59 bits per heavy atom. The zero-order chi connectivity index (χ0) is 16.1. The number of hydrogen-bond donors (Lipinski definition) is 0. The van der Waals surface area contributed by atoms with E-state index in [2.05, 4.69) is 0 Å². The Hall–Kier alpha value is -1.66. The molecule has 0 bridgehead atoms. The normalized spacial score (nSPS) is 16.5. The third-order valence-corrected chi connectivity index (χ3v) is 4.65. The van der Waals surface area contributed by atoms with E-state index in [1.165, 1.54) is 16.7 Å². The maximum Gasteiger partial charge on any atom is 0.338 e. The van der Waals surface area contributed by atoms with E-state index >= 15 is 0 Å². The van der Waals surface area contributed by atoms with Gasteiger partial charge in [0.1, 0.15) is 4.32 Å². The number of thiocarbonyl (C=S) groups is 1. The van der Waals surface area contributed by atoms with Gasteiger partial charge < -0.3 is 4.74 Å². The molecule has 0 atom stereocenters. The minimum Gasteiger partial charge on any atom is -0.462 e. The number of thioether (sulfide) groups is 1. The Morgan fingerprint density at radius 2 is 2.05 bits per heavy atom. The van der Waals surface area contributed by atoms with Crippen molar-refractivity contribution in [2.45, 2.75) is 19.8 Å². The fourth-order valence-corrected chi connectivity index (χ4v) is 2.98. The van der Waals surface area contributed by atoms with E-state index in [0.717, 1.165) is 18.4 Å². The second kappa shape index (κ2) is 7.56. The van der Waals surface area contributed by atoms with Crippen LogP contribution < -0.4 is 0 Å². The van der Waals surface area contributed by atoms with Crippen LogP contribution in [-0.4, -0.2) is 34.8 Å². The molecule has 0 radical (unpaired) electrons. The van der Waals surface area contributed by atoms with Crippen LogP contribution in [0.4, 0.5) is 0 Å². The highest BCUT2D eigenvalue weighted by Gasteiger charge is 2.28. The summed E-state index contributed by atoms with van der Waals surface area (Å²) >= 11 is 6.36. The molecule has 2 rings (SSSR count). The number of carbonyl (C=O) groups excluding carboxylic acids is 2. The van der Waals surface area contributed by atoms with Crippen LogP contribution in [0.5, 0.6) is 0 Å². The molecule has 1 saturated heterocycles. The third kappa shape index (κ3) is 3.96. The van der Waals surface area contributed by atoms with Gasteiger partial charge in [0, 0.05) is 7.05 Å². The first-order chi connectivity index (χ1) is 10.5. The van der Waals surface area contributed by atoms with Crippen LogP contribution in [0.15, 0.2) is 29.2 Å². The number of benzene rings is 1. The SMILES string of the molecule is CCCCOC(=O)c1ccc(/C=C2/SC(=S)N(C)C2=O)cc1. The van der Waals surface area contributed by atoms with Gasteiger partial charge in [-0.25, -0.2) is 4.79 Å². The number of nitrogens with zero attached hydrogens (tertiary/aromatic N) is 1. The summed E-state index contributed by atoms with van der Waals surface area (Å²) in [5.74, 6) is -0.419. The van der Waals surface area contributed by atoms with Gasteiger partial charge in [-0.3, -0.25) is 9.69 Å². The van der Waals surface area contributed by atoms with Gasteiger partial charge in [0.25, 0.3) is 5.91 Å². The van der Waals surface area contributed by atoms with Gasteiger partial charge in [0.2, 0.25) is 0 Å². The number of rotatable bonds is 5. The summed E-state index contributed by atoms with van der Waals surface area (Å²) in [6.45, 7) is 2.48. The highest BCUT2D eigenvalue weighted by Crippen LogP contribution is 2.31. The van der Waals surface area contributed by atoms with Crippen LogP contribution in [0.1, 0.15) is 35.7 Å². The molecule has 1 heterocycles. The van der Waals surface area contributed by atoms with Gasteiger partial charge in [0.05, 0.1) is 17.1 Å². The van der Waals surface area contributed by atoms with Crippen molar-refractivity contribution in [1.29, 1.82) is 0 Å². The molecule has 1 aliphatic rings. The summed E-state index contributed by atoms with van der Waals surface area (Å²) in [7, 11) is 1.66. The Labute approximate surface area is 139 Å². The summed E-state index contributed by atoms with van der Waals surface area (Å²) in [5.41, 5.74) is 1.36. The lowest BCUT2D eigenvalue weighted by Gasteiger charge is -2.04. The zero-order valence-electron chi connectivity index (χ0n) is 12.5. The highest BCUT2D eigenvalue weighted by atomic mass is 32.2. The van der Waals surface area contributed by atoms with Crippen LogP contribution in [0.3, 0.4) is 0 Å². The predicted molar refractivity (Wildman–Crippen MR) is 92.6 cm³/mol. The van der Waals surface area contributed by atoms with E-state index in [9.17, 15) is 9.59 Å². The Bertz CT molecular complexity index is 623. The van der Waals surface area contributed by atoms with Gasteiger partial charge in [-0.1, -0.05) is 49.5 Å². The second-order valence-electron chi connectivity index (χ2n) is 4.85. The number of unbranched alkanes of at least 4 members (excludes halogenated alkanes) is 1. The van der Waals surface area contributed by atoms with Crippen LogP contribution in [0.25, 0.3) is 6.08 Å². The smallest absolute Gasteiger partial charge is 0.338 e. The molecule has 22 heavy (non-hydrogen) atoms. The fourth-order valence-electron chi connectivity index (χ4n) is 1.80. The van der Waals surface area contributed by atoms with Gasteiger partial charge in [-0.15, -0.1) is 0 Å². The number of ether oxygens (including phenoxy) is 1. The lowest BCUT2D eigenvalue weighted by Crippen LogP contribution is -2.22. The molecule has 0 saturated carbocycles. The van der Waals surface area contributed by atoms with Crippen molar-refractivity contribution in [1.82, 2.24) is 4.90 Å². The van der Waals surface area contributed by atoms with Gasteiger partial charge in [-0.2, -0.15) is 0 Å². The molecule has 6 heteroatoms. The largest absolute Gasteiger partial charge is 0.462 e. The number of esters is 1. The standard InChI is InChI=1S/C16H17NO3S2/c1-3-4-9-20-15(19)12-7-5-11(6-8-12)10-13-14(18)17(2)16(21)22-13/h5-8,10H,3-4,9H2,1-2H3/b13-10+. The van der Waals surface area contributed by atoms with E-state index in [-0.39, 0.29) is 11.9 Å². The van der Waals surface area contributed by atoms with Crippen LogP contribution in [-0.2, 0) is 9.53 Å². The zero-order valence-corrected chi connectivity index (χ0v) is 14.1. The molecule has 1 fully saturated rings. The minimum atomic E-state index is -0.320. The number of carbonyl (C=O) groups is 2. The molecule has 1 aliphatic heterocycles. The van der Waals surface area contributed by atoms with E-state index in [1.807, 2.05) is 6.92 Å². The number of hydrogen-bond acceptors (Lipinski definition) is 5. The fraction of sp³-hybridized carbons (Fsp3) is 0.312. The summed E-state index contributed by atoms with van der Waals surface area (Å²) in [5, 5.41) is 0. The van der Waals surface area contributed by atoms with Crippen molar-refractivity contribution in [3.8, 4) is 0 Å². The van der Waals surface area contributed by atoms with Crippen molar-refractivity contribution < 1.29 is 14.3 Å². The van der Waals surface area contributed by atoms with Gasteiger partial charge in [0.15, 0.2) is 0 Å². The first-order valence-electron chi connectivity index (χ1n) is 7.01. The summed E-state index contributed by atoms with van der Waals surface area (Å²) in [4.78, 5) is 25.7. The predicted octanol–water partition coefficient (Wildman–Crippen LogP) is 3.47. The molecule has 0 N–H and O–H groups in total. The monoisotopic (exact) mass is 335 g/mol. The van der Waals surface area contributed by atoms with Gasteiger partial charge >= 0.3 is 5.97 Å². The van der Waals surface area contributed by atoms with E-state index < -0.39 is 0 Å².